The van der Waals surface area contributed by atoms with E-state index in [1.54, 1.807) is 0 Å². The normalized spacial score (nSPS) is 24.8. The number of carbonyl (C=O) groups excluding carboxylic acids is 1. The van der Waals surface area contributed by atoms with E-state index in [0.717, 1.165) is 39.1 Å². The lowest BCUT2D eigenvalue weighted by Gasteiger charge is -2.34. The highest BCUT2D eigenvalue weighted by Crippen LogP contribution is 2.48. The van der Waals surface area contributed by atoms with E-state index >= 15 is 0 Å². The van der Waals surface area contributed by atoms with E-state index in [-0.39, 0.29) is 5.92 Å². The van der Waals surface area contributed by atoms with E-state index in [1.165, 1.54) is 10.4 Å². The summed E-state index contributed by atoms with van der Waals surface area (Å²) < 4.78 is 1.82. The lowest BCUT2D eigenvalue weighted by Crippen LogP contribution is -2.48. The molecule has 2 aromatic rings. The summed E-state index contributed by atoms with van der Waals surface area (Å²) in [7, 11) is 1.93. The average Bonchev–Trinajstić information content (AvgIpc) is 2.96. The van der Waals surface area contributed by atoms with Crippen LogP contribution in [0.5, 0.6) is 0 Å². The van der Waals surface area contributed by atoms with Crippen molar-refractivity contribution in [2.75, 3.05) is 26.2 Å². The van der Waals surface area contributed by atoms with E-state index in [9.17, 15) is 4.79 Å². The molecular weight excluding hydrogens is 308 g/mol. The minimum atomic E-state index is 0.183. The summed E-state index contributed by atoms with van der Waals surface area (Å²) >= 11 is 1.81. The molecule has 0 N–H and O–H groups in total. The van der Waals surface area contributed by atoms with Crippen LogP contribution in [0.2, 0.25) is 0 Å². The molecule has 4 rings (SSSR count). The van der Waals surface area contributed by atoms with Crippen molar-refractivity contribution in [1.82, 2.24) is 19.6 Å². The Bertz CT molecular complexity index is 673. The smallest absolute Gasteiger partial charge is 0.226 e. The zero-order valence-corrected chi connectivity index (χ0v) is 14.2. The SMILES string of the molecule is Cn1cc([C@H]2C[C@H]2C(=O)N2CCN(Cc3cccs3)CC2)cn1. The van der Waals surface area contributed by atoms with Crippen molar-refractivity contribution >= 4 is 17.2 Å². The molecule has 3 heterocycles. The number of rotatable bonds is 4. The lowest BCUT2D eigenvalue weighted by atomic mass is 10.1. The zero-order chi connectivity index (χ0) is 15.8. The minimum Gasteiger partial charge on any atom is -0.340 e. The number of aromatic nitrogens is 2. The standard InChI is InChI=1S/C17H22N4OS/c1-19-11-13(10-18-19)15-9-16(15)17(22)21-6-4-20(5-7-21)12-14-3-2-8-23-14/h2-3,8,10-11,15-16H,4-7,9,12H2,1H3/t15-,16-/m1/s1. The van der Waals surface area contributed by atoms with E-state index in [4.69, 9.17) is 0 Å². The number of nitrogens with zero attached hydrogens (tertiary/aromatic N) is 4. The summed E-state index contributed by atoms with van der Waals surface area (Å²) in [5.74, 6) is 0.915. The molecular formula is C17H22N4OS. The van der Waals surface area contributed by atoms with Crippen molar-refractivity contribution < 1.29 is 4.79 Å². The molecule has 122 valence electrons. The first-order valence-corrected chi connectivity index (χ1v) is 9.11. The summed E-state index contributed by atoms with van der Waals surface area (Å²) in [4.78, 5) is 18.6. The van der Waals surface area contributed by atoms with Crippen LogP contribution in [0.1, 0.15) is 22.8 Å². The molecule has 23 heavy (non-hydrogen) atoms. The molecule has 0 radical (unpaired) electrons. The summed E-state index contributed by atoms with van der Waals surface area (Å²) in [6.07, 6.45) is 4.92. The Hall–Kier alpha value is -1.66. The van der Waals surface area contributed by atoms with E-state index in [1.807, 2.05) is 35.5 Å². The molecule has 1 saturated heterocycles. The number of amides is 1. The van der Waals surface area contributed by atoms with Crippen molar-refractivity contribution in [3.05, 3.63) is 40.3 Å². The van der Waals surface area contributed by atoms with Crippen LogP contribution in [0.25, 0.3) is 0 Å². The third-order valence-corrected chi connectivity index (χ3v) is 5.77. The molecule has 2 aliphatic rings. The van der Waals surface area contributed by atoms with Crippen LogP contribution in [0.3, 0.4) is 0 Å². The summed E-state index contributed by atoms with van der Waals surface area (Å²) in [5, 5.41) is 6.34. The highest BCUT2D eigenvalue weighted by Gasteiger charge is 2.46. The van der Waals surface area contributed by atoms with Gasteiger partial charge >= 0.3 is 0 Å². The maximum Gasteiger partial charge on any atom is 0.226 e. The van der Waals surface area contributed by atoms with Crippen molar-refractivity contribution in [2.24, 2.45) is 13.0 Å². The Morgan fingerprint density at radius 3 is 2.83 bits per heavy atom. The molecule has 2 fully saturated rings. The van der Waals surface area contributed by atoms with Crippen LogP contribution in [-0.4, -0.2) is 51.7 Å². The van der Waals surface area contributed by atoms with Gasteiger partial charge in [-0.15, -0.1) is 11.3 Å². The largest absolute Gasteiger partial charge is 0.340 e. The van der Waals surface area contributed by atoms with Crippen molar-refractivity contribution in [1.29, 1.82) is 0 Å². The quantitative estimate of drug-likeness (QED) is 0.860. The van der Waals surface area contributed by atoms with E-state index in [2.05, 4.69) is 32.4 Å². The van der Waals surface area contributed by atoms with Gasteiger partial charge in [-0.1, -0.05) is 6.07 Å². The summed E-state index contributed by atoms with van der Waals surface area (Å²) in [6.45, 7) is 4.70. The number of thiophene rings is 1. The van der Waals surface area contributed by atoms with Gasteiger partial charge in [-0.3, -0.25) is 14.4 Å². The monoisotopic (exact) mass is 330 g/mol. The number of carbonyl (C=O) groups is 1. The fourth-order valence-corrected chi connectivity index (χ4v) is 4.20. The molecule has 0 unspecified atom stereocenters. The fraction of sp³-hybridized carbons (Fsp3) is 0.529. The predicted molar refractivity (Wildman–Crippen MR) is 90.2 cm³/mol. The van der Waals surface area contributed by atoms with Gasteiger partial charge in [-0.25, -0.2) is 0 Å². The molecule has 0 bridgehead atoms. The molecule has 0 spiro atoms. The average molecular weight is 330 g/mol. The first-order valence-electron chi connectivity index (χ1n) is 8.23. The first kappa shape index (κ1) is 14.9. The van der Waals surface area contributed by atoms with Crippen molar-refractivity contribution in [2.45, 2.75) is 18.9 Å². The van der Waals surface area contributed by atoms with Crippen LogP contribution in [0, 0.1) is 5.92 Å². The molecule has 5 nitrogen and oxygen atoms in total. The number of piperazine rings is 1. The zero-order valence-electron chi connectivity index (χ0n) is 13.4. The Kier molecular flexibility index (Phi) is 3.95. The van der Waals surface area contributed by atoms with E-state index in [0.29, 0.717) is 11.8 Å². The third-order valence-electron chi connectivity index (χ3n) is 4.90. The Morgan fingerprint density at radius 1 is 1.35 bits per heavy atom. The fourth-order valence-electron chi connectivity index (χ4n) is 3.45. The number of hydrogen-bond acceptors (Lipinski definition) is 4. The lowest BCUT2D eigenvalue weighted by molar-refractivity contribution is -0.134. The van der Waals surface area contributed by atoms with Crippen LogP contribution >= 0.6 is 11.3 Å². The summed E-state index contributed by atoms with van der Waals surface area (Å²) in [5.41, 5.74) is 1.21. The molecule has 6 heteroatoms. The second-order valence-corrected chi connectivity index (χ2v) is 7.61. The Labute approximate surface area is 140 Å². The van der Waals surface area contributed by atoms with Crippen LogP contribution in [0.15, 0.2) is 29.9 Å². The molecule has 1 saturated carbocycles. The maximum absolute atomic E-state index is 12.7. The second-order valence-electron chi connectivity index (χ2n) is 6.58. The van der Waals surface area contributed by atoms with Gasteiger partial charge in [0.15, 0.2) is 0 Å². The molecule has 2 aromatic heterocycles. The predicted octanol–water partition coefficient (Wildman–Crippen LogP) is 1.93. The molecule has 1 aliphatic carbocycles. The Morgan fingerprint density at radius 2 is 2.17 bits per heavy atom. The van der Waals surface area contributed by atoms with Crippen LogP contribution in [0.4, 0.5) is 0 Å². The van der Waals surface area contributed by atoms with E-state index < -0.39 is 0 Å². The van der Waals surface area contributed by atoms with Gasteiger partial charge in [-0.2, -0.15) is 5.10 Å². The van der Waals surface area contributed by atoms with Crippen molar-refractivity contribution in [3.63, 3.8) is 0 Å². The van der Waals surface area contributed by atoms with Gasteiger partial charge in [0.05, 0.1) is 6.20 Å². The van der Waals surface area contributed by atoms with Crippen molar-refractivity contribution in [3.8, 4) is 0 Å². The van der Waals surface area contributed by atoms with Gasteiger partial charge in [0.2, 0.25) is 5.91 Å². The Balaban J connectivity index is 1.28. The minimum absolute atomic E-state index is 0.183. The molecule has 0 aromatic carbocycles. The molecule has 2 atom stereocenters. The van der Waals surface area contributed by atoms with Gasteiger partial charge in [0, 0.05) is 56.8 Å². The van der Waals surface area contributed by atoms with Gasteiger partial charge < -0.3 is 4.90 Å². The number of hydrogen-bond donors (Lipinski definition) is 0. The highest BCUT2D eigenvalue weighted by atomic mass is 32.1. The first-order chi connectivity index (χ1) is 11.2. The number of aryl methyl sites for hydroxylation is 1. The highest BCUT2D eigenvalue weighted by molar-refractivity contribution is 7.09. The van der Waals surface area contributed by atoms with Crippen LogP contribution < -0.4 is 0 Å². The molecule has 1 amide bonds. The second kappa shape index (κ2) is 6.09. The maximum atomic E-state index is 12.7. The van der Waals surface area contributed by atoms with Gasteiger partial charge in [-0.05, 0) is 29.3 Å². The topological polar surface area (TPSA) is 41.4 Å². The van der Waals surface area contributed by atoms with Crippen LogP contribution in [-0.2, 0) is 18.4 Å². The third kappa shape index (κ3) is 3.19. The van der Waals surface area contributed by atoms with Gasteiger partial charge in [0.1, 0.15) is 0 Å². The summed E-state index contributed by atoms with van der Waals surface area (Å²) in [6, 6.07) is 4.29. The van der Waals surface area contributed by atoms with Gasteiger partial charge in [0.25, 0.3) is 0 Å². The molecule has 1 aliphatic heterocycles.